The van der Waals surface area contributed by atoms with Crippen molar-refractivity contribution in [3.8, 4) is 0 Å². The van der Waals surface area contributed by atoms with Gasteiger partial charge >= 0.3 is 0 Å². The molecule has 0 aliphatic carbocycles. The Hall–Kier alpha value is -1.23. The van der Waals surface area contributed by atoms with E-state index in [0.717, 1.165) is 36.1 Å². The maximum atomic E-state index is 12.4. The standard InChI is InChI=1S/C13H14BrN3O/c1-2-8-3-4-17-11(5-8)16-12-10(13(17)18)6-9(14)7-15-12/h6-8H,2-5H2,1H3. The molecule has 1 atom stereocenters. The van der Waals surface area contributed by atoms with Gasteiger partial charge in [-0.25, -0.2) is 9.97 Å². The molecule has 0 saturated carbocycles. The molecule has 2 aromatic heterocycles. The fourth-order valence-corrected chi connectivity index (χ4v) is 2.86. The van der Waals surface area contributed by atoms with Gasteiger partial charge in [0.2, 0.25) is 0 Å². The quantitative estimate of drug-likeness (QED) is 0.813. The number of fused-ring (bicyclic) bond motifs is 2. The molecule has 0 aromatic carbocycles. The van der Waals surface area contributed by atoms with Crippen LogP contribution in [0.5, 0.6) is 0 Å². The van der Waals surface area contributed by atoms with E-state index >= 15 is 0 Å². The first-order valence-corrected chi connectivity index (χ1v) is 7.03. The van der Waals surface area contributed by atoms with E-state index < -0.39 is 0 Å². The Labute approximate surface area is 113 Å². The number of halogens is 1. The van der Waals surface area contributed by atoms with E-state index in [2.05, 4.69) is 32.8 Å². The van der Waals surface area contributed by atoms with E-state index in [9.17, 15) is 4.79 Å². The van der Waals surface area contributed by atoms with Crippen molar-refractivity contribution in [3.63, 3.8) is 0 Å². The first-order valence-electron chi connectivity index (χ1n) is 6.24. The number of pyridine rings is 1. The smallest absolute Gasteiger partial charge is 0.263 e. The van der Waals surface area contributed by atoms with Crippen molar-refractivity contribution in [3.05, 3.63) is 32.9 Å². The predicted molar refractivity (Wildman–Crippen MR) is 73.6 cm³/mol. The normalized spacial score (nSPS) is 18.9. The van der Waals surface area contributed by atoms with Gasteiger partial charge < -0.3 is 0 Å². The minimum absolute atomic E-state index is 0.0401. The molecule has 0 fully saturated rings. The van der Waals surface area contributed by atoms with Crippen LogP contribution in [-0.2, 0) is 13.0 Å². The van der Waals surface area contributed by atoms with E-state index in [0.29, 0.717) is 17.0 Å². The predicted octanol–water partition coefficient (Wildman–Crippen LogP) is 2.53. The summed E-state index contributed by atoms with van der Waals surface area (Å²) in [4.78, 5) is 21.2. The van der Waals surface area contributed by atoms with Crippen LogP contribution in [0, 0.1) is 5.92 Å². The molecule has 3 rings (SSSR count). The molecule has 1 aliphatic rings. The average molecular weight is 308 g/mol. The summed E-state index contributed by atoms with van der Waals surface area (Å²) in [5.41, 5.74) is 0.601. The van der Waals surface area contributed by atoms with Gasteiger partial charge in [-0.05, 0) is 34.3 Å². The molecule has 0 bridgehead atoms. The Kier molecular flexibility index (Phi) is 2.93. The third-order valence-electron chi connectivity index (χ3n) is 3.66. The van der Waals surface area contributed by atoms with Crippen LogP contribution in [0.15, 0.2) is 21.5 Å². The molecule has 0 spiro atoms. The topological polar surface area (TPSA) is 47.8 Å². The van der Waals surface area contributed by atoms with Crippen LogP contribution >= 0.6 is 15.9 Å². The lowest BCUT2D eigenvalue weighted by atomic mass is 9.95. The van der Waals surface area contributed by atoms with Gasteiger partial charge in [0.15, 0.2) is 5.65 Å². The van der Waals surface area contributed by atoms with Gasteiger partial charge in [-0.1, -0.05) is 13.3 Å². The molecule has 5 heteroatoms. The fourth-order valence-electron chi connectivity index (χ4n) is 2.53. The Balaban J connectivity index is 2.23. The molecule has 0 N–H and O–H groups in total. The van der Waals surface area contributed by atoms with Gasteiger partial charge in [-0.3, -0.25) is 9.36 Å². The summed E-state index contributed by atoms with van der Waals surface area (Å²) in [6, 6.07) is 1.80. The van der Waals surface area contributed by atoms with Crippen LogP contribution in [0.3, 0.4) is 0 Å². The van der Waals surface area contributed by atoms with Crippen LogP contribution in [0.4, 0.5) is 0 Å². The van der Waals surface area contributed by atoms with Gasteiger partial charge in [0.05, 0.1) is 5.39 Å². The summed E-state index contributed by atoms with van der Waals surface area (Å²) in [7, 11) is 0. The highest BCUT2D eigenvalue weighted by Gasteiger charge is 2.21. The van der Waals surface area contributed by atoms with Crippen molar-refractivity contribution >= 4 is 27.0 Å². The Morgan fingerprint density at radius 2 is 2.39 bits per heavy atom. The van der Waals surface area contributed by atoms with Gasteiger partial charge in [-0.15, -0.1) is 0 Å². The lowest BCUT2D eigenvalue weighted by molar-refractivity contribution is 0.363. The summed E-state index contributed by atoms with van der Waals surface area (Å²) in [6.45, 7) is 2.97. The first-order chi connectivity index (χ1) is 8.69. The molecule has 18 heavy (non-hydrogen) atoms. The monoisotopic (exact) mass is 307 g/mol. The van der Waals surface area contributed by atoms with Crippen molar-refractivity contribution in [2.75, 3.05) is 0 Å². The molecule has 1 aliphatic heterocycles. The number of rotatable bonds is 1. The van der Waals surface area contributed by atoms with Crippen molar-refractivity contribution in [1.82, 2.24) is 14.5 Å². The second-order valence-corrected chi connectivity index (χ2v) is 5.69. The average Bonchev–Trinajstić information content (AvgIpc) is 2.39. The summed E-state index contributed by atoms with van der Waals surface area (Å²) >= 11 is 3.34. The lowest BCUT2D eigenvalue weighted by Crippen LogP contribution is -2.31. The van der Waals surface area contributed by atoms with Crippen molar-refractivity contribution in [1.29, 1.82) is 0 Å². The van der Waals surface area contributed by atoms with E-state index in [1.807, 2.05) is 4.57 Å². The number of nitrogens with zero attached hydrogens (tertiary/aromatic N) is 3. The second kappa shape index (κ2) is 4.46. The Morgan fingerprint density at radius 3 is 3.17 bits per heavy atom. The summed E-state index contributed by atoms with van der Waals surface area (Å²) in [5, 5.41) is 0.600. The molecule has 0 radical (unpaired) electrons. The zero-order valence-corrected chi connectivity index (χ0v) is 11.8. The largest absolute Gasteiger partial charge is 0.296 e. The van der Waals surface area contributed by atoms with E-state index in [1.165, 1.54) is 0 Å². The first kappa shape index (κ1) is 11.8. The molecule has 3 heterocycles. The highest BCUT2D eigenvalue weighted by atomic mass is 79.9. The fraction of sp³-hybridized carbons (Fsp3) is 0.462. The number of aromatic nitrogens is 3. The van der Waals surface area contributed by atoms with Crippen LogP contribution in [0.1, 0.15) is 25.6 Å². The Morgan fingerprint density at radius 1 is 1.56 bits per heavy atom. The minimum atomic E-state index is 0.0401. The number of hydrogen-bond donors (Lipinski definition) is 0. The third-order valence-corrected chi connectivity index (χ3v) is 4.10. The van der Waals surface area contributed by atoms with Crippen molar-refractivity contribution in [2.45, 2.75) is 32.7 Å². The zero-order chi connectivity index (χ0) is 12.7. The van der Waals surface area contributed by atoms with E-state index in [4.69, 9.17) is 0 Å². The maximum absolute atomic E-state index is 12.4. The van der Waals surface area contributed by atoms with Gasteiger partial charge in [0.1, 0.15) is 5.82 Å². The van der Waals surface area contributed by atoms with Crippen molar-refractivity contribution in [2.24, 2.45) is 5.92 Å². The van der Waals surface area contributed by atoms with Crippen LogP contribution in [-0.4, -0.2) is 14.5 Å². The molecular weight excluding hydrogens is 294 g/mol. The molecular formula is C13H14BrN3O. The highest BCUT2D eigenvalue weighted by Crippen LogP contribution is 2.22. The molecule has 1 unspecified atom stereocenters. The molecule has 0 amide bonds. The van der Waals surface area contributed by atoms with E-state index in [-0.39, 0.29) is 5.56 Å². The highest BCUT2D eigenvalue weighted by molar-refractivity contribution is 9.10. The van der Waals surface area contributed by atoms with Crippen LogP contribution < -0.4 is 5.56 Å². The second-order valence-electron chi connectivity index (χ2n) is 4.78. The molecule has 0 saturated heterocycles. The molecule has 2 aromatic rings. The summed E-state index contributed by atoms with van der Waals surface area (Å²) < 4.78 is 2.62. The summed E-state index contributed by atoms with van der Waals surface area (Å²) in [6.07, 6.45) is 4.78. The third kappa shape index (κ3) is 1.86. The van der Waals surface area contributed by atoms with Gasteiger partial charge in [-0.2, -0.15) is 0 Å². The van der Waals surface area contributed by atoms with Gasteiger partial charge in [0, 0.05) is 23.6 Å². The van der Waals surface area contributed by atoms with E-state index in [1.54, 1.807) is 12.3 Å². The zero-order valence-electron chi connectivity index (χ0n) is 10.2. The van der Waals surface area contributed by atoms with Gasteiger partial charge in [0.25, 0.3) is 5.56 Å². The number of hydrogen-bond acceptors (Lipinski definition) is 3. The lowest BCUT2D eigenvalue weighted by Gasteiger charge is -2.24. The van der Waals surface area contributed by atoms with Crippen LogP contribution in [0.2, 0.25) is 0 Å². The maximum Gasteiger partial charge on any atom is 0.263 e. The Bertz CT molecular complexity index is 665. The molecule has 4 nitrogen and oxygen atoms in total. The molecule has 94 valence electrons. The minimum Gasteiger partial charge on any atom is -0.296 e. The van der Waals surface area contributed by atoms with Crippen molar-refractivity contribution < 1.29 is 0 Å². The summed E-state index contributed by atoms with van der Waals surface area (Å²) in [5.74, 6) is 1.53. The van der Waals surface area contributed by atoms with Crippen LogP contribution in [0.25, 0.3) is 11.0 Å². The SMILES string of the molecule is CCC1CCn2c(nc3ncc(Br)cc3c2=O)C1.